The van der Waals surface area contributed by atoms with Crippen molar-refractivity contribution in [2.24, 2.45) is 17.3 Å². The van der Waals surface area contributed by atoms with E-state index in [-0.39, 0.29) is 22.7 Å². The highest BCUT2D eigenvalue weighted by atomic mass is 79.9. The molecule has 5 atom stereocenters. The van der Waals surface area contributed by atoms with Crippen LogP contribution in [0.3, 0.4) is 0 Å². The van der Waals surface area contributed by atoms with Crippen LogP contribution in [-0.2, 0) is 9.53 Å². The summed E-state index contributed by atoms with van der Waals surface area (Å²) >= 11 is 3.56. The fourth-order valence-corrected chi connectivity index (χ4v) is 8.50. The number of rotatable bonds is 1. The third-order valence-corrected chi connectivity index (χ3v) is 10.1. The van der Waals surface area contributed by atoms with Crippen LogP contribution >= 0.6 is 15.9 Å². The van der Waals surface area contributed by atoms with Crippen LogP contribution in [0.5, 0.6) is 0 Å². The summed E-state index contributed by atoms with van der Waals surface area (Å²) in [6.45, 7) is 2.63. The van der Waals surface area contributed by atoms with Gasteiger partial charge in [0.1, 0.15) is 5.60 Å². The number of ketones is 1. The molecule has 0 radical (unpaired) electrons. The van der Waals surface area contributed by atoms with Crippen molar-refractivity contribution < 1.29 is 18.3 Å². The van der Waals surface area contributed by atoms with Crippen LogP contribution in [0.25, 0.3) is 0 Å². The van der Waals surface area contributed by atoms with E-state index < -0.39 is 11.7 Å². The van der Waals surface area contributed by atoms with Gasteiger partial charge in [0, 0.05) is 34.2 Å². The first-order valence-corrected chi connectivity index (χ1v) is 13.0. The molecule has 1 heterocycles. The van der Waals surface area contributed by atoms with Gasteiger partial charge in [-0.1, -0.05) is 40.6 Å². The second-order valence-corrected chi connectivity index (χ2v) is 11.7. The zero-order valence-corrected chi connectivity index (χ0v) is 20.5. The van der Waals surface area contributed by atoms with Gasteiger partial charge in [0.2, 0.25) is 0 Å². The van der Waals surface area contributed by atoms with E-state index in [1.54, 1.807) is 0 Å². The molecule has 2 saturated carbocycles. The van der Waals surface area contributed by atoms with Crippen molar-refractivity contribution in [1.29, 1.82) is 0 Å². The van der Waals surface area contributed by atoms with Crippen molar-refractivity contribution in [1.82, 2.24) is 0 Å². The Balaban J connectivity index is 1.54. The molecule has 1 aliphatic heterocycles. The summed E-state index contributed by atoms with van der Waals surface area (Å²) in [5, 5.41) is 0. The minimum absolute atomic E-state index is 0.166. The molecule has 1 aromatic rings. The minimum atomic E-state index is -1.53. The molecule has 1 saturated heterocycles. The molecule has 4 aliphatic carbocycles. The minimum Gasteiger partial charge on any atom is -0.370 e. The maximum atomic E-state index is 14.2. The first-order chi connectivity index (χ1) is 15.8. The largest absolute Gasteiger partial charge is 0.370 e. The third kappa shape index (κ3) is 3.07. The van der Waals surface area contributed by atoms with E-state index in [1.807, 2.05) is 6.08 Å². The van der Waals surface area contributed by atoms with Gasteiger partial charge in [-0.3, -0.25) is 4.79 Å². The molecule has 3 unspecified atom stereocenters. The summed E-state index contributed by atoms with van der Waals surface area (Å²) in [6, 6.07) is 8.52. The number of ether oxygens (including phenoxy) is 1. The zero-order valence-electron chi connectivity index (χ0n) is 18.9. The number of carbonyl (C=O) groups is 1. The van der Waals surface area contributed by atoms with Crippen molar-refractivity contribution in [3.8, 4) is 0 Å². The first-order valence-electron chi connectivity index (χ1n) is 12.2. The Morgan fingerprint density at radius 2 is 1.88 bits per heavy atom. The number of hydrogen-bond donors (Lipinski definition) is 0. The topological polar surface area (TPSA) is 26.3 Å². The quantitative estimate of drug-likeness (QED) is 0.384. The van der Waals surface area contributed by atoms with Gasteiger partial charge in [-0.15, -0.1) is 0 Å². The normalized spacial score (nSPS) is 37.7. The molecule has 1 aromatic carbocycles. The van der Waals surface area contributed by atoms with Crippen molar-refractivity contribution in [2.75, 3.05) is 6.61 Å². The Bertz CT molecular complexity index is 1110. The molecule has 2 nitrogen and oxygen atoms in total. The number of halogens is 3. The third-order valence-electron chi connectivity index (χ3n) is 9.54. The smallest absolute Gasteiger partial charge is 0.272 e. The highest BCUT2D eigenvalue weighted by molar-refractivity contribution is 9.10. The maximum absolute atomic E-state index is 14.2. The van der Waals surface area contributed by atoms with Gasteiger partial charge in [-0.25, -0.2) is 0 Å². The van der Waals surface area contributed by atoms with Gasteiger partial charge in [0.15, 0.2) is 5.78 Å². The Hall–Kier alpha value is -1.59. The van der Waals surface area contributed by atoms with E-state index in [9.17, 15) is 13.6 Å². The summed E-state index contributed by atoms with van der Waals surface area (Å²) in [7, 11) is 0. The van der Waals surface area contributed by atoms with Crippen LogP contribution in [0, 0.1) is 17.3 Å². The van der Waals surface area contributed by atoms with E-state index in [0.717, 1.165) is 36.6 Å². The van der Waals surface area contributed by atoms with E-state index in [4.69, 9.17) is 4.74 Å². The van der Waals surface area contributed by atoms with Gasteiger partial charge in [-0.05, 0) is 85.3 Å². The molecule has 1 spiro atoms. The lowest BCUT2D eigenvalue weighted by molar-refractivity contribution is -0.114. The number of carbonyl (C=O) groups excluding carboxylic acids is 1. The van der Waals surface area contributed by atoms with Crippen molar-refractivity contribution in [2.45, 2.75) is 69.8 Å². The molecular formula is C28H29BrF2O2. The molecule has 0 N–H and O–H groups in total. The molecule has 6 rings (SSSR count). The van der Waals surface area contributed by atoms with Gasteiger partial charge >= 0.3 is 0 Å². The van der Waals surface area contributed by atoms with Crippen molar-refractivity contribution >= 4 is 21.7 Å². The molecular weight excluding hydrogens is 486 g/mol. The molecule has 5 heteroatoms. The second-order valence-electron chi connectivity index (χ2n) is 10.8. The fourth-order valence-electron chi connectivity index (χ4n) is 8.24. The Kier molecular flexibility index (Phi) is 5.12. The zero-order chi connectivity index (χ0) is 23.0. The van der Waals surface area contributed by atoms with Crippen LogP contribution in [0.15, 0.2) is 63.2 Å². The second kappa shape index (κ2) is 7.71. The van der Waals surface area contributed by atoms with E-state index in [1.165, 1.54) is 22.3 Å². The molecule has 33 heavy (non-hydrogen) atoms. The highest BCUT2D eigenvalue weighted by Crippen LogP contribution is 2.70. The molecule has 3 fully saturated rings. The fraction of sp³-hybridized carbons (Fsp3) is 0.536. The Morgan fingerprint density at radius 1 is 1.09 bits per heavy atom. The van der Waals surface area contributed by atoms with Crippen LogP contribution in [-0.4, -0.2) is 18.0 Å². The van der Waals surface area contributed by atoms with Gasteiger partial charge < -0.3 is 4.74 Å². The lowest BCUT2D eigenvalue weighted by Gasteiger charge is -2.55. The standard InChI is InChI=1S/C28H29BrF2O2/c1-27-15-22(16-2-5-18(29)6-3-16)25-20-9-7-19(32)14-17(20)4-8-21(25)23(27)10-12-28(27)24(26(30)31)11-13-33-28/h2-3,5-6,14,21-23H,4,7-13,15H2,1H3/t21?,22-,23?,27+,28?/m1/s1. The number of hydrogen-bond acceptors (Lipinski definition) is 2. The summed E-state index contributed by atoms with van der Waals surface area (Å²) in [4.78, 5) is 12.2. The lowest BCUT2D eigenvalue weighted by Crippen LogP contribution is -2.52. The highest BCUT2D eigenvalue weighted by Gasteiger charge is 2.67. The SMILES string of the molecule is C[C@]12C[C@H](c3ccc(Br)cc3)C3=C4CCC(=O)C=C4CCC3C1CCC21OCCC1=C(F)F. The predicted octanol–water partition coefficient (Wildman–Crippen LogP) is 7.66. The van der Waals surface area contributed by atoms with Crippen LogP contribution in [0.2, 0.25) is 0 Å². The summed E-state index contributed by atoms with van der Waals surface area (Å²) in [5.41, 5.74) is 4.45. The van der Waals surface area contributed by atoms with Gasteiger partial charge in [0.25, 0.3) is 6.08 Å². The molecule has 0 amide bonds. The summed E-state index contributed by atoms with van der Waals surface area (Å²) < 4.78 is 35.7. The maximum Gasteiger partial charge on any atom is 0.272 e. The van der Waals surface area contributed by atoms with Gasteiger partial charge in [-0.2, -0.15) is 8.78 Å². The van der Waals surface area contributed by atoms with Crippen molar-refractivity contribution in [3.05, 3.63) is 68.8 Å². The van der Waals surface area contributed by atoms with E-state index in [0.29, 0.717) is 37.7 Å². The molecule has 5 aliphatic rings. The molecule has 174 valence electrons. The number of benzene rings is 1. The van der Waals surface area contributed by atoms with Crippen LogP contribution < -0.4 is 0 Å². The summed E-state index contributed by atoms with van der Waals surface area (Å²) in [6.07, 6.45) is 6.45. The average Bonchev–Trinajstić information content (AvgIpc) is 3.36. The Labute approximate surface area is 202 Å². The lowest BCUT2D eigenvalue weighted by atomic mass is 9.50. The molecule has 0 bridgehead atoms. The molecule has 0 aromatic heterocycles. The monoisotopic (exact) mass is 514 g/mol. The average molecular weight is 515 g/mol. The van der Waals surface area contributed by atoms with E-state index >= 15 is 0 Å². The van der Waals surface area contributed by atoms with Crippen LogP contribution in [0.4, 0.5) is 8.78 Å². The Morgan fingerprint density at radius 3 is 2.64 bits per heavy atom. The van der Waals surface area contributed by atoms with Gasteiger partial charge in [0.05, 0.1) is 6.61 Å². The predicted molar refractivity (Wildman–Crippen MR) is 127 cm³/mol. The summed E-state index contributed by atoms with van der Waals surface area (Å²) in [5.74, 6) is 1.10. The number of allylic oxidation sites excluding steroid dienone is 4. The van der Waals surface area contributed by atoms with Crippen molar-refractivity contribution in [3.63, 3.8) is 0 Å². The van der Waals surface area contributed by atoms with Crippen LogP contribution in [0.1, 0.15) is 69.8 Å². The van der Waals surface area contributed by atoms with E-state index in [2.05, 4.69) is 47.1 Å². The number of fused-ring (bicyclic) bond motifs is 5. The first kappa shape index (κ1) is 21.9.